The minimum Gasteiger partial charge on any atom is -0.493 e. The van der Waals surface area contributed by atoms with Crippen LogP contribution in [0.4, 0.5) is 0 Å². The Morgan fingerprint density at radius 2 is 1.68 bits per heavy atom. The lowest BCUT2D eigenvalue weighted by Crippen LogP contribution is -2.18. The Balaban J connectivity index is 2.17. The zero-order valence-corrected chi connectivity index (χ0v) is 16.7. The summed E-state index contributed by atoms with van der Waals surface area (Å²) in [7, 11) is 4.67. The van der Waals surface area contributed by atoms with Crippen LogP contribution in [-0.4, -0.2) is 43.0 Å². The van der Waals surface area contributed by atoms with E-state index in [1.807, 2.05) is 54.8 Å². The maximum Gasteiger partial charge on any atom is 0.326 e. The Kier molecular flexibility index (Phi) is 5.73. The lowest BCUT2D eigenvalue weighted by Gasteiger charge is -2.15. The number of para-hydroxylation sites is 2. The number of nitrogens with zero attached hydrogens (tertiary/aromatic N) is 2. The number of aromatic nitrogens is 2. The van der Waals surface area contributed by atoms with Gasteiger partial charge in [-0.2, -0.15) is 0 Å². The molecule has 7 nitrogen and oxygen atoms in total. The van der Waals surface area contributed by atoms with E-state index in [-0.39, 0.29) is 18.6 Å². The summed E-state index contributed by atoms with van der Waals surface area (Å²) < 4.78 is 23.5. The van der Waals surface area contributed by atoms with Gasteiger partial charge in [0.25, 0.3) is 0 Å². The van der Waals surface area contributed by atoms with Crippen molar-refractivity contribution in [3.63, 3.8) is 0 Å². The molecule has 0 saturated heterocycles. The molecule has 148 valence electrons. The van der Waals surface area contributed by atoms with E-state index in [0.29, 0.717) is 23.1 Å². The lowest BCUT2D eigenvalue weighted by atomic mass is 10.1. The lowest BCUT2D eigenvalue weighted by molar-refractivity contribution is -0.147. The molecule has 2 aromatic carbocycles. The van der Waals surface area contributed by atoms with E-state index >= 15 is 0 Å². The molecule has 0 fully saturated rings. The van der Waals surface area contributed by atoms with E-state index in [0.717, 1.165) is 16.6 Å². The number of carbonyl (C=O) groups excluding carboxylic acids is 1. The number of fused-ring (bicyclic) bond motifs is 1. The fraction of sp³-hybridized carbons (Fsp3) is 0.333. The van der Waals surface area contributed by atoms with Crippen LogP contribution in [0.25, 0.3) is 22.4 Å². The van der Waals surface area contributed by atoms with Crippen LogP contribution in [0.1, 0.15) is 13.8 Å². The molecule has 0 unspecified atom stereocenters. The van der Waals surface area contributed by atoms with Crippen molar-refractivity contribution in [1.82, 2.24) is 9.55 Å². The van der Waals surface area contributed by atoms with E-state index in [1.165, 1.54) is 0 Å². The summed E-state index contributed by atoms with van der Waals surface area (Å²) in [5.74, 6) is 1.81. The van der Waals surface area contributed by atoms with Gasteiger partial charge in [-0.25, -0.2) is 4.98 Å². The number of rotatable bonds is 7. The maximum atomic E-state index is 12.4. The normalized spacial score (nSPS) is 10.9. The zero-order valence-electron chi connectivity index (χ0n) is 16.7. The predicted octanol–water partition coefficient (Wildman–Crippen LogP) is 3.68. The van der Waals surface area contributed by atoms with Gasteiger partial charge in [0.1, 0.15) is 12.4 Å². The summed E-state index contributed by atoms with van der Waals surface area (Å²) in [6.07, 6.45) is -0.188. The van der Waals surface area contributed by atoms with Gasteiger partial charge in [0, 0.05) is 5.56 Å². The SMILES string of the molecule is COc1cc(-c2nc3ccccc3n2CC(=O)OC(C)C)cc(OC)c1OC. The summed E-state index contributed by atoms with van der Waals surface area (Å²) in [4.78, 5) is 17.1. The first-order chi connectivity index (χ1) is 13.5. The van der Waals surface area contributed by atoms with Crippen LogP contribution in [0.5, 0.6) is 17.2 Å². The summed E-state index contributed by atoms with van der Waals surface area (Å²) in [6.45, 7) is 3.69. The second-order valence-electron chi connectivity index (χ2n) is 6.46. The molecule has 3 rings (SSSR count). The molecule has 0 amide bonds. The van der Waals surface area contributed by atoms with Crippen LogP contribution in [0.15, 0.2) is 36.4 Å². The molecule has 0 N–H and O–H groups in total. The summed E-state index contributed by atoms with van der Waals surface area (Å²) in [5, 5.41) is 0. The number of benzene rings is 2. The molecule has 0 bridgehead atoms. The standard InChI is InChI=1S/C21H24N2O5/c1-13(2)28-19(24)12-23-16-9-7-6-8-15(16)22-21(23)14-10-17(25-3)20(27-5)18(11-14)26-4/h6-11,13H,12H2,1-5H3. The van der Waals surface area contributed by atoms with E-state index in [2.05, 4.69) is 0 Å². The van der Waals surface area contributed by atoms with Gasteiger partial charge in [-0.3, -0.25) is 4.79 Å². The third-order valence-electron chi connectivity index (χ3n) is 4.23. The van der Waals surface area contributed by atoms with Crippen LogP contribution in [-0.2, 0) is 16.1 Å². The third-order valence-corrected chi connectivity index (χ3v) is 4.23. The van der Waals surface area contributed by atoms with Gasteiger partial charge < -0.3 is 23.5 Å². The van der Waals surface area contributed by atoms with E-state index < -0.39 is 0 Å². The van der Waals surface area contributed by atoms with Gasteiger partial charge in [-0.1, -0.05) is 12.1 Å². The molecule has 7 heteroatoms. The molecule has 3 aromatic rings. The Morgan fingerprint density at radius 3 is 2.25 bits per heavy atom. The number of esters is 1. The molecule has 0 atom stereocenters. The molecule has 0 radical (unpaired) electrons. The Hall–Kier alpha value is -3.22. The first kappa shape index (κ1) is 19.5. The van der Waals surface area contributed by atoms with Crippen molar-refractivity contribution < 1.29 is 23.7 Å². The second-order valence-corrected chi connectivity index (χ2v) is 6.46. The van der Waals surface area contributed by atoms with Gasteiger partial charge in [-0.15, -0.1) is 0 Å². The van der Waals surface area contributed by atoms with Crippen LogP contribution in [0.2, 0.25) is 0 Å². The van der Waals surface area contributed by atoms with Gasteiger partial charge in [0.2, 0.25) is 5.75 Å². The highest BCUT2D eigenvalue weighted by Gasteiger charge is 2.20. The van der Waals surface area contributed by atoms with Crippen molar-refractivity contribution >= 4 is 17.0 Å². The monoisotopic (exact) mass is 384 g/mol. The maximum absolute atomic E-state index is 12.4. The first-order valence-corrected chi connectivity index (χ1v) is 8.93. The van der Waals surface area contributed by atoms with Crippen LogP contribution < -0.4 is 14.2 Å². The zero-order chi connectivity index (χ0) is 20.3. The van der Waals surface area contributed by atoms with Crippen molar-refractivity contribution in [2.45, 2.75) is 26.5 Å². The third kappa shape index (κ3) is 3.74. The molecular weight excluding hydrogens is 360 g/mol. The molecule has 28 heavy (non-hydrogen) atoms. The number of hydrogen-bond donors (Lipinski definition) is 0. The highest BCUT2D eigenvalue weighted by Crippen LogP contribution is 2.41. The summed E-state index contributed by atoms with van der Waals surface area (Å²) in [5.41, 5.74) is 2.36. The van der Waals surface area contributed by atoms with Gasteiger partial charge in [0.05, 0.1) is 38.5 Å². The van der Waals surface area contributed by atoms with Crippen LogP contribution in [0, 0.1) is 0 Å². The van der Waals surface area contributed by atoms with Gasteiger partial charge in [0.15, 0.2) is 11.5 Å². The average molecular weight is 384 g/mol. The minimum absolute atomic E-state index is 0.0463. The Bertz CT molecular complexity index is 969. The van der Waals surface area contributed by atoms with Crippen molar-refractivity contribution in [1.29, 1.82) is 0 Å². The van der Waals surface area contributed by atoms with Crippen molar-refractivity contribution in [3.8, 4) is 28.6 Å². The number of ether oxygens (including phenoxy) is 4. The van der Waals surface area contributed by atoms with Crippen molar-refractivity contribution in [2.75, 3.05) is 21.3 Å². The number of methoxy groups -OCH3 is 3. The van der Waals surface area contributed by atoms with E-state index in [4.69, 9.17) is 23.9 Å². The first-order valence-electron chi connectivity index (χ1n) is 8.93. The second kappa shape index (κ2) is 8.21. The summed E-state index contributed by atoms with van der Waals surface area (Å²) in [6, 6.07) is 11.3. The Morgan fingerprint density at radius 1 is 1.04 bits per heavy atom. The molecule has 0 aliphatic rings. The molecular formula is C21H24N2O5. The molecule has 1 heterocycles. The van der Waals surface area contributed by atoms with Crippen molar-refractivity contribution in [3.05, 3.63) is 36.4 Å². The fourth-order valence-corrected chi connectivity index (χ4v) is 3.10. The number of imidazole rings is 1. The largest absolute Gasteiger partial charge is 0.493 e. The molecule has 0 aliphatic heterocycles. The van der Waals surface area contributed by atoms with Crippen LogP contribution >= 0.6 is 0 Å². The fourth-order valence-electron chi connectivity index (χ4n) is 3.10. The Labute approximate surface area is 163 Å². The molecule has 0 spiro atoms. The average Bonchev–Trinajstić information content (AvgIpc) is 3.04. The molecule has 0 aliphatic carbocycles. The quantitative estimate of drug-likeness (QED) is 0.579. The number of carbonyl (C=O) groups is 1. The van der Waals surface area contributed by atoms with E-state index in [1.54, 1.807) is 21.3 Å². The predicted molar refractivity (Wildman–Crippen MR) is 106 cm³/mol. The minimum atomic E-state index is -0.327. The van der Waals surface area contributed by atoms with Gasteiger partial charge >= 0.3 is 5.97 Å². The highest BCUT2D eigenvalue weighted by atomic mass is 16.5. The highest BCUT2D eigenvalue weighted by molar-refractivity contribution is 5.84. The topological polar surface area (TPSA) is 71.8 Å². The van der Waals surface area contributed by atoms with Gasteiger partial charge in [-0.05, 0) is 38.1 Å². The van der Waals surface area contributed by atoms with Crippen LogP contribution in [0.3, 0.4) is 0 Å². The van der Waals surface area contributed by atoms with Crippen molar-refractivity contribution in [2.24, 2.45) is 0 Å². The number of hydrogen-bond acceptors (Lipinski definition) is 6. The molecule has 0 saturated carbocycles. The summed E-state index contributed by atoms with van der Waals surface area (Å²) >= 11 is 0. The van der Waals surface area contributed by atoms with E-state index in [9.17, 15) is 4.79 Å². The smallest absolute Gasteiger partial charge is 0.326 e. The molecule has 1 aromatic heterocycles.